The Bertz CT molecular complexity index is 688. The fourth-order valence-electron chi connectivity index (χ4n) is 4.49. The number of aromatic nitrogens is 2. The maximum Gasteiger partial charge on any atom is 0.119 e. The molecule has 0 N–H and O–H groups in total. The van der Waals surface area contributed by atoms with Crippen LogP contribution in [0.1, 0.15) is 83.7 Å². The van der Waals surface area contributed by atoms with E-state index >= 15 is 0 Å². The molecule has 1 aliphatic carbocycles. The molecule has 0 unspecified atom stereocenters. The molecule has 0 amide bonds. The first-order valence-electron chi connectivity index (χ1n) is 11.8. The van der Waals surface area contributed by atoms with Crippen molar-refractivity contribution in [2.75, 3.05) is 6.61 Å². The molecule has 1 aromatic carbocycles. The average Bonchev–Trinajstić information content (AvgIpc) is 2.77. The van der Waals surface area contributed by atoms with Gasteiger partial charge in [-0.3, -0.25) is 9.97 Å². The molecule has 0 saturated heterocycles. The lowest BCUT2D eigenvalue weighted by Gasteiger charge is -2.28. The fraction of sp³-hybridized carbons (Fsp3) is 0.615. The number of ether oxygens (including phenoxy) is 1. The van der Waals surface area contributed by atoms with Gasteiger partial charge in [-0.1, -0.05) is 58.8 Å². The number of benzene rings is 1. The van der Waals surface area contributed by atoms with Gasteiger partial charge < -0.3 is 4.74 Å². The third kappa shape index (κ3) is 7.13. The minimum absolute atomic E-state index is 0.820. The molecule has 1 fully saturated rings. The van der Waals surface area contributed by atoms with Crippen LogP contribution in [0, 0.1) is 11.8 Å². The summed E-state index contributed by atoms with van der Waals surface area (Å²) in [5.41, 5.74) is 3.10. The first-order chi connectivity index (χ1) is 14.3. The van der Waals surface area contributed by atoms with Crippen LogP contribution < -0.4 is 4.74 Å². The molecule has 1 aromatic heterocycles. The molecule has 0 radical (unpaired) electrons. The van der Waals surface area contributed by atoms with Crippen LogP contribution in [0.4, 0.5) is 0 Å². The summed E-state index contributed by atoms with van der Waals surface area (Å²) in [5.74, 6) is 2.88. The zero-order valence-corrected chi connectivity index (χ0v) is 18.4. The van der Waals surface area contributed by atoms with Crippen LogP contribution in [-0.2, 0) is 6.42 Å². The lowest BCUT2D eigenvalue weighted by Crippen LogP contribution is -2.15. The minimum Gasteiger partial charge on any atom is -0.494 e. The highest BCUT2D eigenvalue weighted by atomic mass is 16.5. The van der Waals surface area contributed by atoms with E-state index in [0.717, 1.165) is 54.0 Å². The molecule has 3 nitrogen and oxygen atoms in total. The number of hydrogen-bond donors (Lipinski definition) is 0. The third-order valence-corrected chi connectivity index (χ3v) is 6.33. The first kappa shape index (κ1) is 21.8. The van der Waals surface area contributed by atoms with Crippen molar-refractivity contribution in [1.29, 1.82) is 0 Å². The van der Waals surface area contributed by atoms with E-state index in [1.54, 1.807) is 0 Å². The molecule has 1 saturated carbocycles. The zero-order chi connectivity index (χ0) is 20.3. The van der Waals surface area contributed by atoms with Gasteiger partial charge in [-0.05, 0) is 61.8 Å². The third-order valence-electron chi connectivity index (χ3n) is 6.33. The Hall–Kier alpha value is -1.90. The molecule has 1 aliphatic rings. The van der Waals surface area contributed by atoms with Crippen LogP contribution in [-0.4, -0.2) is 16.6 Å². The van der Waals surface area contributed by atoms with Gasteiger partial charge in [0.2, 0.25) is 0 Å². The molecule has 158 valence electrons. The standard InChI is InChI=1S/C26H38N2O/c1-3-5-9-24-19-28-26(20-27-24)23-14-16-25(17-15-23)29-18-6-8-22-12-10-21(7-4-2)11-13-22/h14-17,19-22H,3-13,18H2,1-2H3. The van der Waals surface area contributed by atoms with Crippen LogP contribution in [0.3, 0.4) is 0 Å². The predicted molar refractivity (Wildman–Crippen MR) is 121 cm³/mol. The summed E-state index contributed by atoms with van der Waals surface area (Å²) < 4.78 is 5.97. The second-order valence-corrected chi connectivity index (χ2v) is 8.69. The van der Waals surface area contributed by atoms with Crippen LogP contribution >= 0.6 is 0 Å². The zero-order valence-electron chi connectivity index (χ0n) is 18.4. The topological polar surface area (TPSA) is 35.0 Å². The van der Waals surface area contributed by atoms with E-state index in [4.69, 9.17) is 4.74 Å². The minimum atomic E-state index is 0.820. The Morgan fingerprint density at radius 3 is 2.17 bits per heavy atom. The molecule has 29 heavy (non-hydrogen) atoms. The van der Waals surface area contributed by atoms with Crippen LogP contribution in [0.25, 0.3) is 11.3 Å². The van der Waals surface area contributed by atoms with Gasteiger partial charge in [-0.25, -0.2) is 0 Å². The molecule has 2 aromatic rings. The smallest absolute Gasteiger partial charge is 0.119 e. The molecular formula is C26H38N2O. The van der Waals surface area contributed by atoms with E-state index in [2.05, 4.69) is 48.1 Å². The van der Waals surface area contributed by atoms with E-state index in [1.807, 2.05) is 12.4 Å². The van der Waals surface area contributed by atoms with Crippen LogP contribution in [0.15, 0.2) is 36.7 Å². The lowest BCUT2D eigenvalue weighted by molar-refractivity contribution is 0.230. The van der Waals surface area contributed by atoms with Gasteiger partial charge in [0.1, 0.15) is 5.75 Å². The Morgan fingerprint density at radius 1 is 0.828 bits per heavy atom. The van der Waals surface area contributed by atoms with Gasteiger partial charge >= 0.3 is 0 Å². The summed E-state index contributed by atoms with van der Waals surface area (Å²) in [4.78, 5) is 9.11. The number of rotatable bonds is 11. The highest BCUT2D eigenvalue weighted by Gasteiger charge is 2.20. The van der Waals surface area contributed by atoms with E-state index in [9.17, 15) is 0 Å². The summed E-state index contributed by atoms with van der Waals surface area (Å²) in [7, 11) is 0. The van der Waals surface area contributed by atoms with E-state index in [1.165, 1.54) is 57.8 Å². The normalized spacial score (nSPS) is 19.2. The van der Waals surface area contributed by atoms with Crippen molar-refractivity contribution >= 4 is 0 Å². The summed E-state index contributed by atoms with van der Waals surface area (Å²) in [6, 6.07) is 8.27. The van der Waals surface area contributed by atoms with Crippen molar-refractivity contribution in [2.24, 2.45) is 11.8 Å². The second-order valence-electron chi connectivity index (χ2n) is 8.69. The maximum absolute atomic E-state index is 5.97. The predicted octanol–water partition coefficient (Wildman–Crippen LogP) is 7.25. The monoisotopic (exact) mass is 394 g/mol. The SMILES string of the molecule is CCCCc1cnc(-c2ccc(OCCCC3CCC(CCC)CC3)cc2)cn1. The Labute approximate surface area is 177 Å². The van der Waals surface area contributed by atoms with Gasteiger partial charge in [0.05, 0.1) is 24.2 Å². The Kier molecular flexibility index (Phi) is 8.98. The number of hydrogen-bond acceptors (Lipinski definition) is 3. The van der Waals surface area contributed by atoms with Gasteiger partial charge in [0.15, 0.2) is 0 Å². The van der Waals surface area contributed by atoms with E-state index in [0.29, 0.717) is 0 Å². The molecule has 3 rings (SSSR count). The highest BCUT2D eigenvalue weighted by Crippen LogP contribution is 2.33. The van der Waals surface area contributed by atoms with Crippen molar-refractivity contribution < 1.29 is 4.74 Å². The summed E-state index contributed by atoms with van der Waals surface area (Å²) in [6.07, 6.45) is 18.2. The van der Waals surface area contributed by atoms with Crippen molar-refractivity contribution in [3.63, 3.8) is 0 Å². The number of aryl methyl sites for hydroxylation is 1. The molecule has 0 spiro atoms. The molecule has 0 bridgehead atoms. The van der Waals surface area contributed by atoms with Crippen molar-refractivity contribution in [1.82, 2.24) is 9.97 Å². The van der Waals surface area contributed by atoms with Crippen molar-refractivity contribution in [3.8, 4) is 17.0 Å². The largest absolute Gasteiger partial charge is 0.494 e. The lowest BCUT2D eigenvalue weighted by atomic mass is 9.78. The molecule has 3 heteroatoms. The molecular weight excluding hydrogens is 356 g/mol. The van der Waals surface area contributed by atoms with Crippen molar-refractivity contribution in [2.45, 2.75) is 84.5 Å². The summed E-state index contributed by atoms with van der Waals surface area (Å²) in [5, 5.41) is 0. The van der Waals surface area contributed by atoms with Crippen molar-refractivity contribution in [3.05, 3.63) is 42.4 Å². The highest BCUT2D eigenvalue weighted by molar-refractivity contribution is 5.58. The quantitative estimate of drug-likeness (QED) is 0.376. The first-order valence-corrected chi connectivity index (χ1v) is 11.8. The number of unbranched alkanes of at least 4 members (excludes halogenated alkanes) is 1. The summed E-state index contributed by atoms with van der Waals surface area (Å²) in [6.45, 7) is 5.33. The van der Waals surface area contributed by atoms with Crippen LogP contribution in [0.5, 0.6) is 5.75 Å². The van der Waals surface area contributed by atoms with Gasteiger partial charge in [-0.2, -0.15) is 0 Å². The fourth-order valence-corrected chi connectivity index (χ4v) is 4.49. The Morgan fingerprint density at radius 2 is 1.55 bits per heavy atom. The molecule has 1 heterocycles. The van der Waals surface area contributed by atoms with E-state index < -0.39 is 0 Å². The van der Waals surface area contributed by atoms with E-state index in [-0.39, 0.29) is 0 Å². The number of nitrogens with zero attached hydrogens (tertiary/aromatic N) is 2. The van der Waals surface area contributed by atoms with Gasteiger partial charge in [-0.15, -0.1) is 0 Å². The van der Waals surface area contributed by atoms with Gasteiger partial charge in [0, 0.05) is 11.8 Å². The molecule has 0 aliphatic heterocycles. The maximum atomic E-state index is 5.97. The van der Waals surface area contributed by atoms with Crippen LogP contribution in [0.2, 0.25) is 0 Å². The summed E-state index contributed by atoms with van der Waals surface area (Å²) >= 11 is 0. The average molecular weight is 395 g/mol. The second kappa shape index (κ2) is 11.9. The Balaban J connectivity index is 1.37. The van der Waals surface area contributed by atoms with Gasteiger partial charge in [0.25, 0.3) is 0 Å². The molecule has 0 atom stereocenters.